The van der Waals surface area contributed by atoms with Crippen LogP contribution in [0, 0.1) is 0 Å². The molecule has 1 atom stereocenters. The van der Waals surface area contributed by atoms with Crippen LogP contribution in [0.25, 0.3) is 5.57 Å². The summed E-state index contributed by atoms with van der Waals surface area (Å²) in [7, 11) is -3.78. The Morgan fingerprint density at radius 3 is 2.90 bits per heavy atom. The second-order valence-electron chi connectivity index (χ2n) is 6.90. The lowest BCUT2D eigenvalue weighted by molar-refractivity contribution is 0.369. The molecule has 0 bridgehead atoms. The number of allylic oxidation sites excluding steroid dienone is 2. The molecule has 4 rings (SSSR count). The highest BCUT2D eigenvalue weighted by Crippen LogP contribution is 2.38. The van der Waals surface area contributed by atoms with E-state index in [2.05, 4.69) is 38.9 Å². The summed E-state index contributed by atoms with van der Waals surface area (Å²) < 4.78 is 23.1. The molecule has 2 aliphatic heterocycles. The van der Waals surface area contributed by atoms with Crippen molar-refractivity contribution in [3.63, 3.8) is 0 Å². The Balaban J connectivity index is 1.62. The van der Waals surface area contributed by atoms with Gasteiger partial charge in [0.25, 0.3) is 0 Å². The molecule has 3 heterocycles. The number of nitrogens with two attached hydrogens (primary N) is 1. The molecule has 0 saturated heterocycles. The average Bonchev–Trinajstić information content (AvgIpc) is 3.07. The number of hydrogen-bond donors (Lipinski definition) is 4. The topological polar surface area (TPSA) is 122 Å². The van der Waals surface area contributed by atoms with Crippen LogP contribution in [0.3, 0.4) is 0 Å². The van der Waals surface area contributed by atoms with Gasteiger partial charge in [-0.1, -0.05) is 25.5 Å². The first-order valence-electron chi connectivity index (χ1n) is 9.28. The van der Waals surface area contributed by atoms with E-state index < -0.39 is 10.0 Å². The number of benzene rings is 1. The third-order valence-electron chi connectivity index (χ3n) is 4.88. The van der Waals surface area contributed by atoms with Gasteiger partial charge < -0.3 is 16.0 Å². The lowest BCUT2D eigenvalue weighted by Crippen LogP contribution is -2.52. The quantitative estimate of drug-likeness (QED) is 0.577. The van der Waals surface area contributed by atoms with Crippen LogP contribution in [-0.2, 0) is 10.0 Å². The monoisotopic (exact) mass is 410 g/mol. The zero-order valence-electron chi connectivity index (χ0n) is 15.9. The highest BCUT2D eigenvalue weighted by Gasteiger charge is 2.39. The Kier molecular flexibility index (Phi) is 4.85. The molecule has 1 aromatic carbocycles. The van der Waals surface area contributed by atoms with Gasteiger partial charge in [0.05, 0.1) is 10.6 Å². The molecule has 29 heavy (non-hydrogen) atoms. The van der Waals surface area contributed by atoms with E-state index in [-0.39, 0.29) is 10.6 Å². The maximum atomic E-state index is 11.6. The van der Waals surface area contributed by atoms with Crippen LogP contribution in [0.1, 0.15) is 25.5 Å². The van der Waals surface area contributed by atoms with Crippen molar-refractivity contribution in [3.8, 4) is 0 Å². The van der Waals surface area contributed by atoms with E-state index in [0.717, 1.165) is 29.7 Å². The molecule has 1 unspecified atom stereocenters. The summed E-state index contributed by atoms with van der Waals surface area (Å²) in [5.41, 5.74) is 3.09. The van der Waals surface area contributed by atoms with Crippen molar-refractivity contribution < 1.29 is 8.42 Å². The minimum atomic E-state index is -3.78. The third kappa shape index (κ3) is 3.74. The standard InChI is InChI=1S/C20H22N6O2S/c1-2-9-20-17(7-4-10-23-20)16(13-24-20)18-8-11-22-19(26-18)25-14-5-3-6-15(12-14)29(21,27)28/h3-8,10-13,23-24H,2,9H2,1H3,(H2,21,27,28)(H,22,25,26). The zero-order valence-corrected chi connectivity index (χ0v) is 16.7. The predicted octanol–water partition coefficient (Wildman–Crippen LogP) is 2.35. The Hall–Kier alpha value is -3.17. The van der Waals surface area contributed by atoms with Gasteiger partial charge in [0, 0.05) is 29.2 Å². The molecular weight excluding hydrogens is 388 g/mol. The maximum absolute atomic E-state index is 11.6. The van der Waals surface area contributed by atoms with E-state index in [9.17, 15) is 8.42 Å². The van der Waals surface area contributed by atoms with E-state index in [0.29, 0.717) is 11.6 Å². The van der Waals surface area contributed by atoms with Crippen molar-refractivity contribution >= 4 is 27.2 Å². The fourth-order valence-electron chi connectivity index (χ4n) is 3.58. The molecule has 1 aromatic heterocycles. The largest absolute Gasteiger partial charge is 0.365 e. The molecule has 0 aliphatic carbocycles. The van der Waals surface area contributed by atoms with Crippen molar-refractivity contribution in [3.05, 3.63) is 72.3 Å². The summed E-state index contributed by atoms with van der Waals surface area (Å²) >= 11 is 0. The van der Waals surface area contributed by atoms with E-state index in [1.165, 1.54) is 12.1 Å². The van der Waals surface area contributed by atoms with E-state index in [4.69, 9.17) is 5.14 Å². The summed E-state index contributed by atoms with van der Waals surface area (Å²) in [6, 6.07) is 8.08. The fraction of sp³-hybridized carbons (Fsp3) is 0.200. The lowest BCUT2D eigenvalue weighted by atomic mass is 9.89. The molecule has 0 radical (unpaired) electrons. The van der Waals surface area contributed by atoms with Gasteiger partial charge in [0.15, 0.2) is 0 Å². The summed E-state index contributed by atoms with van der Waals surface area (Å²) in [6.45, 7) is 2.15. The van der Waals surface area contributed by atoms with Crippen LogP contribution in [-0.4, -0.2) is 24.0 Å². The first-order valence-corrected chi connectivity index (χ1v) is 10.8. The Labute approximate surface area is 169 Å². The summed E-state index contributed by atoms with van der Waals surface area (Å²) in [5.74, 6) is 0.364. The van der Waals surface area contributed by atoms with Crippen molar-refractivity contribution in [2.24, 2.45) is 5.14 Å². The first-order chi connectivity index (χ1) is 13.9. The smallest absolute Gasteiger partial charge is 0.238 e. The van der Waals surface area contributed by atoms with Crippen LogP contribution in [0.4, 0.5) is 11.6 Å². The molecule has 2 aromatic rings. The van der Waals surface area contributed by atoms with Gasteiger partial charge in [-0.3, -0.25) is 0 Å². The molecule has 150 valence electrons. The number of hydrogen-bond acceptors (Lipinski definition) is 7. The fourth-order valence-corrected chi connectivity index (χ4v) is 4.14. The van der Waals surface area contributed by atoms with Crippen LogP contribution < -0.4 is 21.1 Å². The molecule has 2 aliphatic rings. The molecule has 5 N–H and O–H groups in total. The van der Waals surface area contributed by atoms with Gasteiger partial charge in [0.1, 0.15) is 5.66 Å². The van der Waals surface area contributed by atoms with Gasteiger partial charge >= 0.3 is 0 Å². The van der Waals surface area contributed by atoms with Gasteiger partial charge in [0.2, 0.25) is 16.0 Å². The molecule has 0 saturated carbocycles. The number of aromatic nitrogens is 2. The minimum absolute atomic E-state index is 0.0240. The number of primary sulfonamides is 1. The SMILES string of the molecule is CCCC12NC=CC=C1C(c1ccnc(Nc3cccc(S(N)(=O)=O)c3)n1)=CN2. The summed E-state index contributed by atoms with van der Waals surface area (Å²) in [4.78, 5) is 8.90. The second kappa shape index (κ2) is 7.34. The number of fused-ring (bicyclic) bond motifs is 1. The second-order valence-corrected chi connectivity index (χ2v) is 8.47. The van der Waals surface area contributed by atoms with Crippen molar-refractivity contribution in [2.75, 3.05) is 5.32 Å². The van der Waals surface area contributed by atoms with Crippen molar-refractivity contribution in [1.82, 2.24) is 20.6 Å². The average molecular weight is 411 g/mol. The van der Waals surface area contributed by atoms with Crippen molar-refractivity contribution in [1.29, 1.82) is 0 Å². The van der Waals surface area contributed by atoms with Crippen LogP contribution in [0.2, 0.25) is 0 Å². The van der Waals surface area contributed by atoms with Crippen molar-refractivity contribution in [2.45, 2.75) is 30.3 Å². The van der Waals surface area contributed by atoms with E-state index in [1.54, 1.807) is 18.3 Å². The molecule has 0 fully saturated rings. The van der Waals surface area contributed by atoms with Gasteiger partial charge in [-0.05, 0) is 43.0 Å². The number of anilines is 2. The van der Waals surface area contributed by atoms with Gasteiger partial charge in [-0.2, -0.15) is 0 Å². The Bertz CT molecular complexity index is 1140. The zero-order chi connectivity index (χ0) is 20.5. The van der Waals surface area contributed by atoms with Gasteiger partial charge in [-0.25, -0.2) is 23.5 Å². The highest BCUT2D eigenvalue weighted by atomic mass is 32.2. The number of nitrogens with one attached hydrogen (secondary N) is 3. The number of sulfonamides is 1. The van der Waals surface area contributed by atoms with Crippen LogP contribution >= 0.6 is 0 Å². The molecule has 9 heteroatoms. The lowest BCUT2D eigenvalue weighted by Gasteiger charge is -2.34. The predicted molar refractivity (Wildman–Crippen MR) is 112 cm³/mol. The molecular formula is C20H22N6O2S. The van der Waals surface area contributed by atoms with Crippen LogP contribution in [0.5, 0.6) is 0 Å². The van der Waals surface area contributed by atoms with Crippen LogP contribution in [0.15, 0.2) is 71.5 Å². The number of nitrogens with zero attached hydrogens (tertiary/aromatic N) is 2. The maximum Gasteiger partial charge on any atom is 0.238 e. The molecule has 0 amide bonds. The third-order valence-corrected chi connectivity index (χ3v) is 5.79. The Morgan fingerprint density at radius 2 is 2.10 bits per heavy atom. The minimum Gasteiger partial charge on any atom is -0.365 e. The van der Waals surface area contributed by atoms with Gasteiger partial charge in [-0.15, -0.1) is 0 Å². The number of rotatable bonds is 6. The van der Waals surface area contributed by atoms with E-state index >= 15 is 0 Å². The highest BCUT2D eigenvalue weighted by molar-refractivity contribution is 7.89. The molecule has 8 nitrogen and oxygen atoms in total. The summed E-state index contributed by atoms with van der Waals surface area (Å²) in [6.07, 6.45) is 11.6. The normalized spacial score (nSPS) is 20.2. The summed E-state index contributed by atoms with van der Waals surface area (Å²) in [5, 5.41) is 15.1. The number of dihydropyridines is 1. The Morgan fingerprint density at radius 1 is 1.24 bits per heavy atom. The van der Waals surface area contributed by atoms with E-state index in [1.807, 2.05) is 24.5 Å². The first kappa shape index (κ1) is 19.2. The molecule has 0 spiro atoms.